The van der Waals surface area contributed by atoms with Crippen LogP contribution >= 0.6 is 11.6 Å². The quantitative estimate of drug-likeness (QED) is 0.903. The van der Waals surface area contributed by atoms with E-state index >= 15 is 0 Å². The van der Waals surface area contributed by atoms with Gasteiger partial charge in [0.15, 0.2) is 5.75 Å². The maximum atomic E-state index is 5.93. The summed E-state index contributed by atoms with van der Waals surface area (Å²) in [4.78, 5) is 4.09. The predicted octanol–water partition coefficient (Wildman–Crippen LogP) is 2.59. The molecular formula is C12H15ClN4O. The molecule has 2 heterocycles. The highest BCUT2D eigenvalue weighted by molar-refractivity contribution is 6.31. The number of rotatable bonds is 5. The first-order chi connectivity index (χ1) is 8.72. The average molecular weight is 267 g/mol. The van der Waals surface area contributed by atoms with E-state index in [9.17, 15) is 0 Å². The number of hydrogen-bond acceptors (Lipinski definition) is 4. The number of aromatic nitrogens is 3. The molecule has 2 rings (SSSR count). The van der Waals surface area contributed by atoms with Gasteiger partial charge < -0.3 is 10.5 Å². The van der Waals surface area contributed by atoms with Crippen molar-refractivity contribution in [3.8, 4) is 11.6 Å². The fraction of sp³-hybridized carbons (Fsp3) is 0.333. The average Bonchev–Trinajstić information content (AvgIpc) is 2.80. The van der Waals surface area contributed by atoms with Gasteiger partial charge in [0, 0.05) is 25.4 Å². The van der Waals surface area contributed by atoms with Crippen LogP contribution in [0.25, 0.3) is 0 Å². The van der Waals surface area contributed by atoms with Crippen LogP contribution in [0.2, 0.25) is 5.02 Å². The number of halogens is 1. The lowest BCUT2D eigenvalue weighted by atomic mass is 10.3. The molecule has 6 heteroatoms. The maximum Gasteiger partial charge on any atom is 0.219 e. The molecule has 2 aromatic rings. The van der Waals surface area contributed by atoms with E-state index in [0.29, 0.717) is 23.2 Å². The van der Waals surface area contributed by atoms with E-state index in [2.05, 4.69) is 17.0 Å². The van der Waals surface area contributed by atoms with E-state index in [0.717, 1.165) is 18.5 Å². The van der Waals surface area contributed by atoms with Crippen LogP contribution in [-0.4, -0.2) is 14.8 Å². The molecule has 18 heavy (non-hydrogen) atoms. The molecule has 0 aliphatic carbocycles. The standard InChI is InChI=1S/C12H15ClN4O/c1-2-3-17-8-10(6-16-17)18-12-4-9(5-14)11(13)7-15-12/h4,6-8H,2-3,5,14H2,1H3. The molecule has 0 spiro atoms. The van der Waals surface area contributed by atoms with Gasteiger partial charge in [-0.3, -0.25) is 4.68 Å². The summed E-state index contributed by atoms with van der Waals surface area (Å²) in [6.07, 6.45) is 6.06. The summed E-state index contributed by atoms with van der Waals surface area (Å²) < 4.78 is 7.42. The van der Waals surface area contributed by atoms with E-state index in [-0.39, 0.29) is 0 Å². The minimum absolute atomic E-state index is 0.354. The highest BCUT2D eigenvalue weighted by atomic mass is 35.5. The second-order valence-corrected chi connectivity index (χ2v) is 4.27. The second-order valence-electron chi connectivity index (χ2n) is 3.86. The lowest BCUT2D eigenvalue weighted by Crippen LogP contribution is -1.99. The van der Waals surface area contributed by atoms with Gasteiger partial charge in [0.25, 0.3) is 0 Å². The highest BCUT2D eigenvalue weighted by Crippen LogP contribution is 2.23. The van der Waals surface area contributed by atoms with E-state index < -0.39 is 0 Å². The van der Waals surface area contributed by atoms with Crippen LogP contribution in [0.1, 0.15) is 18.9 Å². The van der Waals surface area contributed by atoms with Gasteiger partial charge in [-0.05, 0) is 12.0 Å². The Bertz CT molecular complexity index is 527. The van der Waals surface area contributed by atoms with Crippen LogP contribution in [0.5, 0.6) is 11.6 Å². The smallest absolute Gasteiger partial charge is 0.219 e. The highest BCUT2D eigenvalue weighted by Gasteiger charge is 2.05. The van der Waals surface area contributed by atoms with Gasteiger partial charge in [0.1, 0.15) is 0 Å². The molecule has 0 amide bonds. The summed E-state index contributed by atoms with van der Waals surface area (Å²) in [6.45, 7) is 3.31. The third kappa shape index (κ3) is 3.00. The Labute approximate surface area is 111 Å². The molecule has 0 aliphatic rings. The zero-order valence-electron chi connectivity index (χ0n) is 10.1. The number of hydrogen-bond donors (Lipinski definition) is 1. The molecule has 0 fully saturated rings. The minimum Gasteiger partial charge on any atom is -0.436 e. The fourth-order valence-electron chi connectivity index (χ4n) is 1.54. The van der Waals surface area contributed by atoms with E-state index in [1.165, 1.54) is 6.20 Å². The number of aryl methyl sites for hydroxylation is 1. The summed E-state index contributed by atoms with van der Waals surface area (Å²) in [7, 11) is 0. The van der Waals surface area contributed by atoms with Crippen molar-refractivity contribution in [1.82, 2.24) is 14.8 Å². The zero-order chi connectivity index (χ0) is 13.0. The molecule has 0 aromatic carbocycles. The lowest BCUT2D eigenvalue weighted by Gasteiger charge is -2.05. The summed E-state index contributed by atoms with van der Waals surface area (Å²) in [5.41, 5.74) is 6.38. The third-order valence-corrected chi connectivity index (χ3v) is 2.75. The summed E-state index contributed by atoms with van der Waals surface area (Å²) >= 11 is 5.93. The Morgan fingerprint density at radius 1 is 1.44 bits per heavy atom. The first kappa shape index (κ1) is 12.9. The molecule has 0 radical (unpaired) electrons. The van der Waals surface area contributed by atoms with Gasteiger partial charge in [-0.15, -0.1) is 0 Å². The molecular weight excluding hydrogens is 252 g/mol. The number of pyridine rings is 1. The van der Waals surface area contributed by atoms with E-state index in [1.54, 1.807) is 12.3 Å². The second kappa shape index (κ2) is 5.84. The largest absolute Gasteiger partial charge is 0.436 e. The fourth-order valence-corrected chi connectivity index (χ4v) is 1.72. The van der Waals surface area contributed by atoms with Crippen LogP contribution in [-0.2, 0) is 13.1 Å². The van der Waals surface area contributed by atoms with Crippen LogP contribution < -0.4 is 10.5 Å². The van der Waals surface area contributed by atoms with Gasteiger partial charge in [-0.2, -0.15) is 5.10 Å². The van der Waals surface area contributed by atoms with Gasteiger partial charge in [-0.25, -0.2) is 4.98 Å². The van der Waals surface area contributed by atoms with Crippen LogP contribution in [0.15, 0.2) is 24.7 Å². The molecule has 96 valence electrons. The topological polar surface area (TPSA) is 66.0 Å². The van der Waals surface area contributed by atoms with Crippen molar-refractivity contribution in [2.24, 2.45) is 5.73 Å². The molecule has 0 bridgehead atoms. The summed E-state index contributed by atoms with van der Waals surface area (Å²) in [5, 5.41) is 4.72. The SMILES string of the molecule is CCCn1cc(Oc2cc(CN)c(Cl)cn2)cn1. The normalized spacial score (nSPS) is 10.6. The number of ether oxygens (including phenoxy) is 1. The Kier molecular flexibility index (Phi) is 4.17. The first-order valence-electron chi connectivity index (χ1n) is 5.77. The minimum atomic E-state index is 0.354. The predicted molar refractivity (Wildman–Crippen MR) is 69.7 cm³/mol. The third-order valence-electron chi connectivity index (χ3n) is 2.41. The molecule has 0 unspecified atom stereocenters. The molecule has 0 aliphatic heterocycles. The lowest BCUT2D eigenvalue weighted by molar-refractivity contribution is 0.460. The van der Waals surface area contributed by atoms with Gasteiger partial charge in [0.2, 0.25) is 5.88 Å². The van der Waals surface area contributed by atoms with Crippen LogP contribution in [0.3, 0.4) is 0 Å². The maximum absolute atomic E-state index is 5.93. The van der Waals surface area contributed by atoms with Gasteiger partial charge in [0.05, 0.1) is 17.4 Å². The first-order valence-corrected chi connectivity index (χ1v) is 6.15. The van der Waals surface area contributed by atoms with E-state index in [1.807, 2.05) is 10.9 Å². The Balaban J connectivity index is 2.12. The van der Waals surface area contributed by atoms with Crippen molar-refractivity contribution in [2.75, 3.05) is 0 Å². The Hall–Kier alpha value is -1.59. The van der Waals surface area contributed by atoms with Crippen molar-refractivity contribution in [1.29, 1.82) is 0 Å². The van der Waals surface area contributed by atoms with Gasteiger partial charge in [-0.1, -0.05) is 18.5 Å². The van der Waals surface area contributed by atoms with Crippen LogP contribution in [0, 0.1) is 0 Å². The number of nitrogens with two attached hydrogens (primary N) is 1. The van der Waals surface area contributed by atoms with Crippen molar-refractivity contribution in [3.05, 3.63) is 35.2 Å². The van der Waals surface area contributed by atoms with E-state index in [4.69, 9.17) is 22.1 Å². The zero-order valence-corrected chi connectivity index (χ0v) is 10.9. The molecule has 2 N–H and O–H groups in total. The molecule has 0 saturated heterocycles. The van der Waals surface area contributed by atoms with Crippen molar-refractivity contribution >= 4 is 11.6 Å². The van der Waals surface area contributed by atoms with Crippen molar-refractivity contribution in [3.63, 3.8) is 0 Å². The summed E-state index contributed by atoms with van der Waals surface area (Å²) in [5.74, 6) is 1.12. The van der Waals surface area contributed by atoms with Gasteiger partial charge >= 0.3 is 0 Å². The van der Waals surface area contributed by atoms with Crippen molar-refractivity contribution < 1.29 is 4.74 Å². The Morgan fingerprint density at radius 2 is 2.28 bits per heavy atom. The van der Waals surface area contributed by atoms with Crippen molar-refractivity contribution in [2.45, 2.75) is 26.4 Å². The Morgan fingerprint density at radius 3 is 3.00 bits per heavy atom. The molecule has 0 atom stereocenters. The summed E-state index contributed by atoms with van der Waals surface area (Å²) in [6, 6.07) is 1.74. The monoisotopic (exact) mass is 266 g/mol. The van der Waals surface area contributed by atoms with Crippen LogP contribution in [0.4, 0.5) is 0 Å². The molecule has 2 aromatic heterocycles. The number of nitrogens with zero attached hydrogens (tertiary/aromatic N) is 3. The molecule has 0 saturated carbocycles. The molecule has 5 nitrogen and oxygen atoms in total.